The minimum Gasteiger partial charge on any atom is -0.395 e. The summed E-state index contributed by atoms with van der Waals surface area (Å²) in [6.45, 7) is 5.60. The van der Waals surface area contributed by atoms with Crippen LogP contribution in [0.1, 0.15) is 19.4 Å². The highest BCUT2D eigenvalue weighted by Gasteiger charge is 2.53. The van der Waals surface area contributed by atoms with Crippen LogP contribution in [-0.2, 0) is 10.0 Å². The summed E-state index contributed by atoms with van der Waals surface area (Å²) in [6, 6.07) is 6.22. The Bertz CT molecular complexity index is 586. The van der Waals surface area contributed by atoms with E-state index in [1.54, 1.807) is 24.3 Å². The van der Waals surface area contributed by atoms with E-state index in [-0.39, 0.29) is 23.6 Å². The molecule has 1 fully saturated rings. The van der Waals surface area contributed by atoms with Crippen molar-refractivity contribution in [3.8, 4) is 0 Å². The second kappa shape index (κ2) is 5.07. The van der Waals surface area contributed by atoms with Crippen LogP contribution in [0.4, 0.5) is 0 Å². The van der Waals surface area contributed by atoms with E-state index in [1.807, 2.05) is 26.8 Å². The van der Waals surface area contributed by atoms with Crippen LogP contribution in [0.25, 0.3) is 0 Å². The van der Waals surface area contributed by atoms with Gasteiger partial charge in [0.05, 0.1) is 23.6 Å². The van der Waals surface area contributed by atoms with Crippen LogP contribution < -0.4 is 0 Å². The van der Waals surface area contributed by atoms with Gasteiger partial charge in [0.15, 0.2) is 0 Å². The van der Waals surface area contributed by atoms with E-state index in [4.69, 9.17) is 0 Å². The highest BCUT2D eigenvalue weighted by Crippen LogP contribution is 2.37. The molecule has 0 amide bonds. The topological polar surface area (TPSA) is 57.4 Å². The Morgan fingerprint density at radius 2 is 1.89 bits per heavy atom. The van der Waals surface area contributed by atoms with E-state index in [0.717, 1.165) is 11.1 Å². The van der Waals surface area contributed by atoms with Gasteiger partial charge in [0, 0.05) is 0 Å². The minimum absolute atomic E-state index is 0.153. The van der Waals surface area contributed by atoms with Crippen molar-refractivity contribution >= 4 is 10.0 Å². The summed E-state index contributed by atoms with van der Waals surface area (Å²) in [6.07, 6.45) is 1.88. The number of benzene rings is 1. The Hall–Kier alpha value is -1.17. The maximum absolute atomic E-state index is 12.5. The first-order valence-electron chi connectivity index (χ1n) is 6.24. The molecule has 1 aromatic rings. The maximum Gasteiger partial charge on any atom is 0.244 e. The van der Waals surface area contributed by atoms with Crippen molar-refractivity contribution in [2.75, 3.05) is 6.61 Å². The van der Waals surface area contributed by atoms with Gasteiger partial charge in [0.25, 0.3) is 0 Å². The number of aliphatic hydroxyl groups excluding tert-OH is 1. The van der Waals surface area contributed by atoms with E-state index in [9.17, 15) is 13.5 Å². The van der Waals surface area contributed by atoms with Crippen molar-refractivity contribution < 1.29 is 13.5 Å². The molecule has 1 unspecified atom stereocenters. The van der Waals surface area contributed by atoms with Crippen LogP contribution in [0.3, 0.4) is 0 Å². The molecule has 0 aliphatic carbocycles. The molecule has 2 rings (SSSR count). The predicted molar refractivity (Wildman–Crippen MR) is 74.3 cm³/mol. The highest BCUT2D eigenvalue weighted by molar-refractivity contribution is 7.89. The molecule has 0 aromatic heterocycles. The average molecular weight is 281 g/mol. The molecule has 19 heavy (non-hydrogen) atoms. The predicted octanol–water partition coefficient (Wildman–Crippen LogP) is 1.70. The maximum atomic E-state index is 12.5. The van der Waals surface area contributed by atoms with E-state index in [0.29, 0.717) is 0 Å². The number of hydrogen-bond acceptors (Lipinski definition) is 3. The van der Waals surface area contributed by atoms with Gasteiger partial charge in [-0.25, -0.2) is 8.42 Å². The van der Waals surface area contributed by atoms with E-state index >= 15 is 0 Å². The molecular weight excluding hydrogens is 262 g/mol. The van der Waals surface area contributed by atoms with Crippen molar-refractivity contribution in [2.45, 2.75) is 37.8 Å². The monoisotopic (exact) mass is 281 g/mol. The van der Waals surface area contributed by atoms with Gasteiger partial charge in [-0.15, -0.1) is 0 Å². The quantitative estimate of drug-likeness (QED) is 0.675. The summed E-state index contributed by atoms with van der Waals surface area (Å²) >= 11 is 0. The summed E-state index contributed by atoms with van der Waals surface area (Å²) in [4.78, 5) is 0.279. The molecule has 0 radical (unpaired) electrons. The Morgan fingerprint density at radius 1 is 1.32 bits per heavy atom. The molecule has 0 saturated carbocycles. The lowest BCUT2D eigenvalue weighted by Crippen LogP contribution is -2.16. The molecule has 4 nitrogen and oxygen atoms in total. The Kier molecular flexibility index (Phi) is 3.80. The molecule has 1 N–H and O–H groups in total. The number of rotatable bonds is 4. The molecule has 0 bridgehead atoms. The molecule has 1 saturated heterocycles. The normalized spacial score (nSPS) is 26.0. The summed E-state index contributed by atoms with van der Waals surface area (Å²) in [5, 5.41) is 9.28. The van der Waals surface area contributed by atoms with Crippen molar-refractivity contribution in [3.63, 3.8) is 0 Å². The standard InChI is InChI=1S/C14H19NO3S/c1-10(2)8-13-14(9-16)15(13)19(17,18)12-6-4-11(3)5-7-12/h4-8,13-14,16H,9H2,1-3H3/t13-,14-,15?/m0/s1. The largest absolute Gasteiger partial charge is 0.395 e. The fourth-order valence-electron chi connectivity index (χ4n) is 2.16. The first-order chi connectivity index (χ1) is 8.87. The Balaban J connectivity index is 2.31. The average Bonchev–Trinajstić information content (AvgIpc) is 3.02. The second-order valence-electron chi connectivity index (χ2n) is 5.13. The van der Waals surface area contributed by atoms with E-state index in [1.165, 1.54) is 4.31 Å². The van der Waals surface area contributed by atoms with Crippen LogP contribution in [0.5, 0.6) is 0 Å². The lowest BCUT2D eigenvalue weighted by atomic mass is 10.2. The van der Waals surface area contributed by atoms with Gasteiger partial charge < -0.3 is 5.11 Å². The number of aryl methyl sites for hydroxylation is 1. The zero-order valence-electron chi connectivity index (χ0n) is 11.4. The number of aliphatic hydroxyl groups is 1. The summed E-state index contributed by atoms with van der Waals surface area (Å²) in [7, 11) is -3.51. The van der Waals surface area contributed by atoms with Crippen molar-refractivity contribution in [1.82, 2.24) is 4.31 Å². The lowest BCUT2D eigenvalue weighted by molar-refractivity contribution is 0.286. The molecule has 5 heteroatoms. The fraction of sp³-hybridized carbons (Fsp3) is 0.429. The lowest BCUT2D eigenvalue weighted by Gasteiger charge is -2.06. The van der Waals surface area contributed by atoms with Crippen LogP contribution in [0.15, 0.2) is 40.8 Å². The van der Waals surface area contributed by atoms with Gasteiger partial charge in [0.1, 0.15) is 0 Å². The molecule has 104 valence electrons. The van der Waals surface area contributed by atoms with Crippen LogP contribution in [-0.4, -0.2) is 36.5 Å². The summed E-state index contributed by atoms with van der Waals surface area (Å²) < 4.78 is 26.3. The third kappa shape index (κ3) is 2.73. The zero-order chi connectivity index (χ0) is 14.2. The second-order valence-corrected chi connectivity index (χ2v) is 6.98. The number of hydrogen-bond donors (Lipinski definition) is 1. The van der Waals surface area contributed by atoms with Gasteiger partial charge in [-0.05, 0) is 32.9 Å². The molecule has 1 aliphatic heterocycles. The smallest absolute Gasteiger partial charge is 0.244 e. The molecule has 0 spiro atoms. The summed E-state index contributed by atoms with van der Waals surface area (Å²) in [5.41, 5.74) is 2.06. The molecule has 1 heterocycles. The van der Waals surface area contributed by atoms with Crippen LogP contribution >= 0.6 is 0 Å². The van der Waals surface area contributed by atoms with Gasteiger partial charge in [-0.1, -0.05) is 29.3 Å². The zero-order valence-corrected chi connectivity index (χ0v) is 12.2. The number of sulfonamides is 1. The van der Waals surface area contributed by atoms with Gasteiger partial charge in [-0.2, -0.15) is 4.31 Å². The van der Waals surface area contributed by atoms with Crippen LogP contribution in [0, 0.1) is 6.92 Å². The van der Waals surface area contributed by atoms with Crippen molar-refractivity contribution in [3.05, 3.63) is 41.5 Å². The number of allylic oxidation sites excluding steroid dienone is 1. The van der Waals surface area contributed by atoms with E-state index in [2.05, 4.69) is 0 Å². The first-order valence-corrected chi connectivity index (χ1v) is 7.68. The van der Waals surface area contributed by atoms with Crippen molar-refractivity contribution in [2.24, 2.45) is 0 Å². The van der Waals surface area contributed by atoms with Crippen molar-refractivity contribution in [1.29, 1.82) is 0 Å². The first kappa shape index (κ1) is 14.2. The molecule has 3 atom stereocenters. The SMILES string of the molecule is CC(C)=C[C@H]1[C@H](CO)N1S(=O)(=O)c1ccc(C)cc1. The molecule has 1 aliphatic rings. The van der Waals surface area contributed by atoms with E-state index < -0.39 is 10.0 Å². The third-order valence-electron chi connectivity index (χ3n) is 3.21. The summed E-state index contributed by atoms with van der Waals surface area (Å²) in [5.74, 6) is 0. The van der Waals surface area contributed by atoms with Gasteiger partial charge >= 0.3 is 0 Å². The molecular formula is C14H19NO3S. The molecule has 1 aromatic carbocycles. The Morgan fingerprint density at radius 3 is 2.37 bits per heavy atom. The number of nitrogens with zero attached hydrogens (tertiary/aromatic N) is 1. The Labute approximate surface area is 114 Å². The minimum atomic E-state index is -3.51. The van der Waals surface area contributed by atoms with Gasteiger partial charge in [0.2, 0.25) is 10.0 Å². The fourth-order valence-corrected chi connectivity index (χ4v) is 3.90. The highest BCUT2D eigenvalue weighted by atomic mass is 32.2. The van der Waals surface area contributed by atoms with Gasteiger partial charge in [-0.3, -0.25) is 0 Å². The third-order valence-corrected chi connectivity index (χ3v) is 5.15. The van der Waals surface area contributed by atoms with Crippen LogP contribution in [0.2, 0.25) is 0 Å².